The molecule has 18 heavy (non-hydrogen) atoms. The lowest BCUT2D eigenvalue weighted by atomic mass is 9.95. The minimum Gasteiger partial charge on any atom is -0.379 e. The summed E-state index contributed by atoms with van der Waals surface area (Å²) in [6.45, 7) is 0.810. The number of aromatic nitrogens is 1. The fourth-order valence-corrected chi connectivity index (χ4v) is 1.64. The van der Waals surface area contributed by atoms with Gasteiger partial charge >= 0.3 is 6.18 Å². The van der Waals surface area contributed by atoms with Gasteiger partial charge in [0.2, 0.25) is 0 Å². The van der Waals surface area contributed by atoms with E-state index in [0.717, 1.165) is 12.3 Å². The first-order valence-electron chi connectivity index (χ1n) is 4.82. The fourth-order valence-electron chi connectivity index (χ4n) is 1.64. The summed E-state index contributed by atoms with van der Waals surface area (Å²) in [4.78, 5) is 3.77. The van der Waals surface area contributed by atoms with Gasteiger partial charge in [-0.25, -0.2) is 0 Å². The highest BCUT2D eigenvalue weighted by Crippen LogP contribution is 2.31. The summed E-state index contributed by atoms with van der Waals surface area (Å²) in [7, 11) is 0. The number of pyridine rings is 1. The van der Waals surface area contributed by atoms with Crippen LogP contribution in [0.4, 0.5) is 13.2 Å². The Labute approximate surface area is 115 Å². The highest BCUT2D eigenvalue weighted by atomic mass is 35.5. The van der Waals surface area contributed by atoms with E-state index >= 15 is 0 Å². The number of nitrogens with two attached hydrogens (primary N) is 1. The van der Waals surface area contributed by atoms with Crippen molar-refractivity contribution in [1.82, 2.24) is 4.98 Å². The monoisotopic (exact) mass is 304 g/mol. The maximum absolute atomic E-state index is 12.3. The highest BCUT2D eigenvalue weighted by Gasteiger charge is 2.35. The third-order valence-electron chi connectivity index (χ3n) is 2.65. The highest BCUT2D eigenvalue weighted by molar-refractivity contribution is 5.85. The van der Waals surface area contributed by atoms with Crippen LogP contribution in [0, 0.1) is 0 Å². The average Bonchev–Trinajstić information content (AvgIpc) is 2.66. The van der Waals surface area contributed by atoms with E-state index in [1.807, 2.05) is 0 Å². The second-order valence-corrected chi connectivity index (χ2v) is 3.89. The Balaban J connectivity index is 0.00000144. The summed E-state index contributed by atoms with van der Waals surface area (Å²) in [6.07, 6.45) is -2.98. The van der Waals surface area contributed by atoms with Gasteiger partial charge < -0.3 is 10.5 Å². The average molecular weight is 305 g/mol. The first kappa shape index (κ1) is 17.4. The minimum absolute atomic E-state index is 0. The quantitative estimate of drug-likeness (QED) is 0.867. The summed E-state index contributed by atoms with van der Waals surface area (Å²) in [5.41, 5.74) is 4.90. The van der Waals surface area contributed by atoms with Crippen LogP contribution in [0.2, 0.25) is 0 Å². The van der Waals surface area contributed by atoms with Gasteiger partial charge in [0, 0.05) is 12.8 Å². The van der Waals surface area contributed by atoms with E-state index in [-0.39, 0.29) is 24.8 Å². The van der Waals surface area contributed by atoms with Gasteiger partial charge in [-0.1, -0.05) is 0 Å². The SMILES string of the molecule is Cl.Cl.NC1(c2ccc(C(F)(F)F)cn2)CCOC1. The van der Waals surface area contributed by atoms with Crippen LogP contribution in [-0.4, -0.2) is 18.2 Å². The van der Waals surface area contributed by atoms with Crippen LogP contribution < -0.4 is 5.73 Å². The molecule has 1 aromatic rings. The van der Waals surface area contributed by atoms with E-state index in [2.05, 4.69) is 4.98 Å². The summed E-state index contributed by atoms with van der Waals surface area (Å²) < 4.78 is 42.0. The standard InChI is InChI=1S/C10H11F3N2O.2ClH/c11-10(12,13)7-1-2-8(15-5-7)9(14)3-4-16-6-9;;/h1-2,5H,3-4,6,14H2;2*1H. The van der Waals surface area contributed by atoms with E-state index in [1.165, 1.54) is 6.07 Å². The molecule has 1 aliphatic heterocycles. The van der Waals surface area contributed by atoms with Crippen molar-refractivity contribution >= 4 is 24.8 Å². The maximum Gasteiger partial charge on any atom is 0.417 e. The molecule has 104 valence electrons. The van der Waals surface area contributed by atoms with Crippen molar-refractivity contribution in [2.45, 2.75) is 18.1 Å². The molecule has 2 heterocycles. The van der Waals surface area contributed by atoms with Crippen LogP contribution in [0.5, 0.6) is 0 Å². The number of hydrogen-bond donors (Lipinski definition) is 1. The Morgan fingerprint density at radius 2 is 1.94 bits per heavy atom. The van der Waals surface area contributed by atoms with Gasteiger partial charge in [-0.05, 0) is 18.6 Å². The number of ether oxygens (including phenoxy) is 1. The Bertz CT molecular complexity index is 378. The molecule has 0 bridgehead atoms. The van der Waals surface area contributed by atoms with Crippen molar-refractivity contribution in [1.29, 1.82) is 0 Å². The fraction of sp³-hybridized carbons (Fsp3) is 0.500. The number of nitrogens with zero attached hydrogens (tertiary/aromatic N) is 1. The van der Waals surface area contributed by atoms with E-state index in [9.17, 15) is 13.2 Å². The van der Waals surface area contributed by atoms with Gasteiger partial charge in [-0.2, -0.15) is 13.2 Å². The number of rotatable bonds is 1. The lowest BCUT2D eigenvalue weighted by molar-refractivity contribution is -0.137. The van der Waals surface area contributed by atoms with Crippen LogP contribution in [0.15, 0.2) is 18.3 Å². The Morgan fingerprint density at radius 1 is 1.28 bits per heavy atom. The molecule has 8 heteroatoms. The topological polar surface area (TPSA) is 48.1 Å². The molecule has 3 nitrogen and oxygen atoms in total. The number of hydrogen-bond acceptors (Lipinski definition) is 3. The predicted octanol–water partition coefficient (Wildman–Crippen LogP) is 2.52. The van der Waals surface area contributed by atoms with Crippen molar-refractivity contribution in [3.05, 3.63) is 29.6 Å². The van der Waals surface area contributed by atoms with Gasteiger partial charge in [-0.15, -0.1) is 24.8 Å². The van der Waals surface area contributed by atoms with Crippen molar-refractivity contribution < 1.29 is 17.9 Å². The Kier molecular flexibility index (Phi) is 5.87. The molecule has 0 aromatic carbocycles. The van der Waals surface area contributed by atoms with Crippen LogP contribution >= 0.6 is 24.8 Å². The van der Waals surface area contributed by atoms with Gasteiger partial charge in [-0.3, -0.25) is 4.98 Å². The van der Waals surface area contributed by atoms with E-state index in [1.54, 1.807) is 0 Å². The molecule has 0 radical (unpaired) electrons. The van der Waals surface area contributed by atoms with Gasteiger partial charge in [0.1, 0.15) is 0 Å². The molecule has 1 atom stereocenters. The molecule has 1 saturated heterocycles. The smallest absolute Gasteiger partial charge is 0.379 e. The molecule has 0 saturated carbocycles. The van der Waals surface area contributed by atoms with Gasteiger partial charge in [0.15, 0.2) is 0 Å². The third kappa shape index (κ3) is 3.47. The van der Waals surface area contributed by atoms with Crippen LogP contribution in [0.25, 0.3) is 0 Å². The van der Waals surface area contributed by atoms with Gasteiger partial charge in [0.05, 0.1) is 23.4 Å². The molecule has 2 rings (SSSR count). The molecule has 1 unspecified atom stereocenters. The Hall–Kier alpha value is -0.560. The zero-order chi connectivity index (χ0) is 11.8. The van der Waals surface area contributed by atoms with Crippen molar-refractivity contribution in [3.63, 3.8) is 0 Å². The first-order valence-corrected chi connectivity index (χ1v) is 4.82. The molecule has 1 aromatic heterocycles. The zero-order valence-corrected chi connectivity index (χ0v) is 10.9. The van der Waals surface area contributed by atoms with E-state index in [0.29, 0.717) is 25.3 Å². The maximum atomic E-state index is 12.3. The van der Waals surface area contributed by atoms with Crippen molar-refractivity contribution in [2.75, 3.05) is 13.2 Å². The van der Waals surface area contributed by atoms with E-state index < -0.39 is 17.3 Å². The summed E-state index contributed by atoms with van der Waals surface area (Å²) in [5.74, 6) is 0. The van der Waals surface area contributed by atoms with E-state index in [4.69, 9.17) is 10.5 Å². The minimum atomic E-state index is -4.36. The lowest BCUT2D eigenvalue weighted by Gasteiger charge is -2.21. The summed E-state index contributed by atoms with van der Waals surface area (Å²) in [5, 5.41) is 0. The molecule has 0 amide bonds. The normalized spacial score (nSPS) is 23.1. The van der Waals surface area contributed by atoms with Crippen LogP contribution in [-0.2, 0) is 16.5 Å². The van der Waals surface area contributed by atoms with Crippen LogP contribution in [0.1, 0.15) is 17.7 Å². The lowest BCUT2D eigenvalue weighted by Crippen LogP contribution is -2.38. The van der Waals surface area contributed by atoms with Crippen LogP contribution in [0.3, 0.4) is 0 Å². The predicted molar refractivity (Wildman–Crippen MR) is 65.0 cm³/mol. The second kappa shape index (κ2) is 6.06. The molecule has 1 aliphatic rings. The second-order valence-electron chi connectivity index (χ2n) is 3.89. The molecular formula is C10H13Cl2F3N2O. The first-order chi connectivity index (χ1) is 7.42. The zero-order valence-electron chi connectivity index (χ0n) is 9.24. The summed E-state index contributed by atoms with van der Waals surface area (Å²) in [6, 6.07) is 2.31. The molecule has 1 fully saturated rings. The molecule has 0 aliphatic carbocycles. The Morgan fingerprint density at radius 3 is 2.33 bits per heavy atom. The number of halogens is 5. The summed E-state index contributed by atoms with van der Waals surface area (Å²) >= 11 is 0. The molecule has 2 N–H and O–H groups in total. The van der Waals surface area contributed by atoms with Gasteiger partial charge in [0.25, 0.3) is 0 Å². The van der Waals surface area contributed by atoms with Crippen molar-refractivity contribution in [3.8, 4) is 0 Å². The third-order valence-corrected chi connectivity index (χ3v) is 2.65. The molecular weight excluding hydrogens is 292 g/mol. The number of alkyl halides is 3. The molecule has 0 spiro atoms. The largest absolute Gasteiger partial charge is 0.417 e. The van der Waals surface area contributed by atoms with Crippen molar-refractivity contribution in [2.24, 2.45) is 5.73 Å².